The van der Waals surface area contributed by atoms with Crippen LogP contribution in [0.2, 0.25) is 19.6 Å². The molecule has 3 aromatic heterocycles. The minimum atomic E-state index is -1.53. The quantitative estimate of drug-likeness (QED) is 0.137. The Bertz CT molecular complexity index is 1690. The Kier molecular flexibility index (Phi) is 8.96. The topological polar surface area (TPSA) is 38.9 Å². The van der Waals surface area contributed by atoms with Crippen molar-refractivity contribution in [3.05, 3.63) is 115 Å². The zero-order chi connectivity index (χ0) is 26.7. The monoisotopic (exact) mass is 705 g/mol. The van der Waals surface area contributed by atoms with Crippen LogP contribution in [-0.2, 0) is 26.5 Å². The number of hydrogen-bond acceptors (Lipinski definition) is 3. The van der Waals surface area contributed by atoms with Crippen LogP contribution in [0.15, 0.2) is 95.7 Å². The molecule has 0 aliphatic carbocycles. The van der Waals surface area contributed by atoms with E-state index in [4.69, 9.17) is 4.42 Å². The molecular formula is C34H32IrN2OSi-2. The third kappa shape index (κ3) is 6.28. The maximum absolute atomic E-state index is 6.30. The first-order valence-electron chi connectivity index (χ1n) is 13.1. The van der Waals surface area contributed by atoms with Gasteiger partial charge in [0.05, 0.1) is 5.58 Å². The number of furan rings is 1. The van der Waals surface area contributed by atoms with E-state index in [1.54, 1.807) is 0 Å². The van der Waals surface area contributed by atoms with Gasteiger partial charge in [-0.15, -0.1) is 53.2 Å². The molecule has 6 aromatic rings. The van der Waals surface area contributed by atoms with Crippen LogP contribution in [0.25, 0.3) is 44.5 Å². The van der Waals surface area contributed by atoms with Gasteiger partial charge in [-0.2, -0.15) is 0 Å². The van der Waals surface area contributed by atoms with Crippen LogP contribution in [0.1, 0.15) is 18.1 Å². The summed E-state index contributed by atoms with van der Waals surface area (Å²) < 4.78 is 6.30. The average Bonchev–Trinajstić information content (AvgIpc) is 3.33. The normalized spacial score (nSPS) is 11.1. The maximum Gasteiger partial charge on any atom is 0.120 e. The number of benzene rings is 3. The van der Waals surface area contributed by atoms with E-state index in [9.17, 15) is 0 Å². The summed E-state index contributed by atoms with van der Waals surface area (Å²) >= 11 is 0. The zero-order valence-corrected chi connectivity index (χ0v) is 26.4. The molecule has 6 rings (SSSR count). The van der Waals surface area contributed by atoms with Gasteiger partial charge in [0.25, 0.3) is 0 Å². The van der Waals surface area contributed by atoms with E-state index in [-0.39, 0.29) is 20.1 Å². The van der Waals surface area contributed by atoms with Crippen molar-refractivity contribution in [3.8, 4) is 22.5 Å². The number of rotatable bonds is 4. The van der Waals surface area contributed by atoms with Crippen LogP contribution in [0.5, 0.6) is 0 Å². The fourth-order valence-corrected chi connectivity index (χ4v) is 6.07. The molecule has 0 saturated carbocycles. The Morgan fingerprint density at radius 1 is 0.872 bits per heavy atom. The Morgan fingerprint density at radius 3 is 2.36 bits per heavy atom. The molecule has 5 heteroatoms. The molecule has 0 amide bonds. The van der Waals surface area contributed by atoms with E-state index in [0.29, 0.717) is 0 Å². The first-order valence-corrected chi connectivity index (χ1v) is 16.6. The predicted molar refractivity (Wildman–Crippen MR) is 161 cm³/mol. The molecule has 0 N–H and O–H groups in total. The molecule has 0 aliphatic heterocycles. The molecule has 199 valence electrons. The third-order valence-corrected chi connectivity index (χ3v) is 8.66. The molecule has 0 fully saturated rings. The van der Waals surface area contributed by atoms with Crippen molar-refractivity contribution in [3.63, 3.8) is 0 Å². The smallest absolute Gasteiger partial charge is 0.120 e. The largest absolute Gasteiger partial charge is 0.501 e. The van der Waals surface area contributed by atoms with E-state index in [0.717, 1.165) is 40.1 Å². The van der Waals surface area contributed by atoms with Crippen LogP contribution in [0, 0.1) is 19.1 Å². The molecule has 0 spiro atoms. The van der Waals surface area contributed by atoms with Gasteiger partial charge in [0.15, 0.2) is 0 Å². The Labute approximate surface area is 245 Å². The number of para-hydroxylation sites is 1. The molecule has 0 atom stereocenters. The van der Waals surface area contributed by atoms with Gasteiger partial charge in [0, 0.05) is 46.0 Å². The molecule has 1 radical (unpaired) electrons. The number of aryl methyl sites for hydroxylation is 2. The van der Waals surface area contributed by atoms with Gasteiger partial charge < -0.3 is 14.4 Å². The minimum absolute atomic E-state index is 0. The van der Waals surface area contributed by atoms with Gasteiger partial charge in [-0.05, 0) is 42.4 Å². The Morgan fingerprint density at radius 2 is 1.67 bits per heavy atom. The van der Waals surface area contributed by atoms with Crippen molar-refractivity contribution in [2.75, 3.05) is 0 Å². The summed E-state index contributed by atoms with van der Waals surface area (Å²) in [4.78, 5) is 8.91. The van der Waals surface area contributed by atoms with Crippen LogP contribution in [0.4, 0.5) is 0 Å². The number of aromatic nitrogens is 2. The van der Waals surface area contributed by atoms with Crippen LogP contribution in [0.3, 0.4) is 0 Å². The standard InChI is InChI=1S/C22H22NOSi.C12H10N.Ir/c1-5-15-12-13-23-18(14-15)16-10-11-20(25(2,3)4)21-17-8-6-7-9-19(17)24-22(16)21;1-10-7-8-12(13-9-10)11-5-3-2-4-6-11;/h6-9,11-14H,5H2,1-4H3;2-5,7-9H,1H3;/q2*-1;. The molecule has 0 saturated heterocycles. The first-order chi connectivity index (χ1) is 18.3. The molecule has 0 aliphatic rings. The SMILES string of the molecule is CCc1ccnc(-c2[c-]cc([Si](C)(C)C)c3c2oc2ccccc23)c1.Cc1ccc(-c2[c-]cccc2)nc1.[Ir]. The summed E-state index contributed by atoms with van der Waals surface area (Å²) in [6.07, 6.45) is 4.74. The first kappa shape index (κ1) is 28.6. The van der Waals surface area contributed by atoms with Gasteiger partial charge in [0.1, 0.15) is 5.58 Å². The van der Waals surface area contributed by atoms with Crippen LogP contribution < -0.4 is 5.19 Å². The minimum Gasteiger partial charge on any atom is -0.501 e. The zero-order valence-electron chi connectivity index (χ0n) is 23.0. The maximum atomic E-state index is 6.30. The Hall–Kier alpha value is -3.37. The Balaban J connectivity index is 0.000000213. The molecule has 0 unspecified atom stereocenters. The predicted octanol–water partition coefficient (Wildman–Crippen LogP) is 8.41. The van der Waals surface area contributed by atoms with Crippen molar-refractivity contribution in [2.24, 2.45) is 0 Å². The van der Waals surface area contributed by atoms with Gasteiger partial charge in [0.2, 0.25) is 0 Å². The van der Waals surface area contributed by atoms with Crippen molar-refractivity contribution in [1.82, 2.24) is 9.97 Å². The van der Waals surface area contributed by atoms with E-state index in [1.807, 2.05) is 61.8 Å². The second-order valence-corrected chi connectivity index (χ2v) is 15.6. The van der Waals surface area contributed by atoms with Crippen molar-refractivity contribution in [1.29, 1.82) is 0 Å². The van der Waals surface area contributed by atoms with Crippen molar-refractivity contribution >= 4 is 35.2 Å². The number of nitrogens with zero attached hydrogens (tertiary/aromatic N) is 2. The van der Waals surface area contributed by atoms with Gasteiger partial charge in [-0.3, -0.25) is 0 Å². The molecular weight excluding hydrogens is 673 g/mol. The van der Waals surface area contributed by atoms with Crippen molar-refractivity contribution in [2.45, 2.75) is 39.9 Å². The summed E-state index contributed by atoms with van der Waals surface area (Å²) in [7, 11) is -1.53. The van der Waals surface area contributed by atoms with E-state index < -0.39 is 8.07 Å². The molecule has 0 bridgehead atoms. The number of pyridine rings is 2. The number of fused-ring (bicyclic) bond motifs is 3. The van der Waals surface area contributed by atoms with E-state index in [2.05, 4.69) is 85.1 Å². The van der Waals surface area contributed by atoms with Crippen LogP contribution >= 0.6 is 0 Å². The van der Waals surface area contributed by atoms with Gasteiger partial charge in [-0.1, -0.05) is 79.5 Å². The fraction of sp³-hybridized carbons (Fsp3) is 0.176. The van der Waals surface area contributed by atoms with E-state index >= 15 is 0 Å². The molecule has 39 heavy (non-hydrogen) atoms. The summed E-state index contributed by atoms with van der Waals surface area (Å²) in [5, 5.41) is 3.83. The molecule has 3 aromatic carbocycles. The average molecular weight is 705 g/mol. The second kappa shape index (κ2) is 12.2. The van der Waals surface area contributed by atoms with Gasteiger partial charge >= 0.3 is 0 Å². The number of hydrogen-bond donors (Lipinski definition) is 0. The molecule has 3 nitrogen and oxygen atoms in total. The summed E-state index contributed by atoms with van der Waals surface area (Å²) in [5.41, 5.74) is 8.23. The third-order valence-electron chi connectivity index (χ3n) is 6.65. The fourth-order valence-electron chi connectivity index (χ4n) is 4.56. The van der Waals surface area contributed by atoms with Crippen molar-refractivity contribution < 1.29 is 24.5 Å². The summed E-state index contributed by atoms with van der Waals surface area (Å²) in [5.74, 6) is 0. The summed E-state index contributed by atoms with van der Waals surface area (Å²) in [6, 6.07) is 33.3. The van der Waals surface area contributed by atoms with Crippen LogP contribution in [-0.4, -0.2) is 18.0 Å². The van der Waals surface area contributed by atoms with Gasteiger partial charge in [-0.25, -0.2) is 0 Å². The van der Waals surface area contributed by atoms with E-state index in [1.165, 1.54) is 27.1 Å². The molecule has 3 heterocycles. The second-order valence-electron chi connectivity index (χ2n) is 10.5. The summed E-state index contributed by atoms with van der Waals surface area (Å²) in [6.45, 7) is 11.3.